The summed E-state index contributed by atoms with van der Waals surface area (Å²) in [6, 6.07) is 3.49. The SMILES string of the molecule is C=C1[C@@H](O[Si](CC)(CC)CC)C[C@@H](O[Si](C)(C)C(C)(C)C)[C@@H]1/C=C/[C@H](C[C@@H](C)CCCC)O[Si](C)(C)C(C)(C)C. The smallest absolute Gasteiger partial charge is 0.192 e. The van der Waals surface area contributed by atoms with Crippen molar-refractivity contribution in [2.45, 2.75) is 181 Å². The van der Waals surface area contributed by atoms with Gasteiger partial charge in [0.15, 0.2) is 25.0 Å². The van der Waals surface area contributed by atoms with Crippen molar-refractivity contribution < 1.29 is 13.3 Å². The van der Waals surface area contributed by atoms with Gasteiger partial charge in [0.2, 0.25) is 0 Å². The molecule has 0 saturated heterocycles. The van der Waals surface area contributed by atoms with Crippen LogP contribution in [-0.2, 0) is 13.3 Å². The molecule has 0 unspecified atom stereocenters. The Balaban J connectivity index is 3.41. The molecule has 1 saturated carbocycles. The zero-order valence-electron chi connectivity index (χ0n) is 29.6. The van der Waals surface area contributed by atoms with Gasteiger partial charge in [-0.3, -0.25) is 0 Å². The van der Waals surface area contributed by atoms with E-state index in [1.165, 1.54) is 24.8 Å². The molecule has 0 heterocycles. The lowest BCUT2D eigenvalue weighted by molar-refractivity contribution is 0.139. The Morgan fingerprint density at radius 3 is 1.85 bits per heavy atom. The van der Waals surface area contributed by atoms with Gasteiger partial charge in [-0.1, -0.05) is 114 Å². The third-order valence-corrected chi connectivity index (χ3v) is 24.4. The highest BCUT2D eigenvalue weighted by atomic mass is 28.4. The van der Waals surface area contributed by atoms with Crippen LogP contribution < -0.4 is 0 Å². The number of hydrogen-bond donors (Lipinski definition) is 0. The van der Waals surface area contributed by atoms with Crippen molar-refractivity contribution in [1.29, 1.82) is 0 Å². The largest absolute Gasteiger partial charge is 0.413 e. The second-order valence-electron chi connectivity index (χ2n) is 15.9. The number of unbranched alkanes of at least 4 members (excludes halogenated alkanes) is 1. The molecule has 6 heteroatoms. The second-order valence-corrected chi connectivity index (χ2v) is 30.1. The van der Waals surface area contributed by atoms with Crippen LogP contribution in [0.15, 0.2) is 24.3 Å². The lowest BCUT2D eigenvalue weighted by Gasteiger charge is -2.40. The Kier molecular flexibility index (Phi) is 14.4. The molecule has 0 amide bonds. The molecule has 1 aliphatic carbocycles. The lowest BCUT2D eigenvalue weighted by atomic mass is 9.95. The molecule has 0 aromatic heterocycles. The summed E-state index contributed by atoms with van der Waals surface area (Å²) in [6.45, 7) is 39.9. The van der Waals surface area contributed by atoms with Gasteiger partial charge in [-0.05, 0) is 72.3 Å². The predicted molar refractivity (Wildman–Crippen MR) is 186 cm³/mol. The maximum atomic E-state index is 7.14. The van der Waals surface area contributed by atoms with Gasteiger partial charge in [-0.25, -0.2) is 0 Å². The van der Waals surface area contributed by atoms with E-state index in [-0.39, 0.29) is 34.3 Å². The van der Waals surface area contributed by atoms with E-state index < -0.39 is 25.0 Å². The Hall–Kier alpha value is 0.0106. The highest BCUT2D eigenvalue weighted by Crippen LogP contribution is 2.45. The number of rotatable bonds is 16. The fraction of sp³-hybridized carbons (Fsp3) is 0.882. The van der Waals surface area contributed by atoms with Gasteiger partial charge in [-0.15, -0.1) is 0 Å². The van der Waals surface area contributed by atoms with Crippen molar-refractivity contribution in [1.82, 2.24) is 0 Å². The van der Waals surface area contributed by atoms with Crippen LogP contribution in [0.4, 0.5) is 0 Å². The monoisotopic (exact) mass is 610 g/mol. The van der Waals surface area contributed by atoms with Crippen LogP contribution in [-0.4, -0.2) is 43.3 Å². The summed E-state index contributed by atoms with van der Waals surface area (Å²) in [5.74, 6) is 0.819. The fourth-order valence-electron chi connectivity index (χ4n) is 5.34. The quantitative estimate of drug-likeness (QED) is 0.128. The molecule has 1 aliphatic rings. The molecule has 236 valence electrons. The van der Waals surface area contributed by atoms with E-state index in [4.69, 9.17) is 13.3 Å². The average molecular weight is 611 g/mol. The molecular weight excluding hydrogens is 541 g/mol. The molecule has 0 bridgehead atoms. The summed E-state index contributed by atoms with van der Waals surface area (Å²) in [6.07, 6.45) is 11.0. The Labute approximate surface area is 254 Å². The molecule has 40 heavy (non-hydrogen) atoms. The standard InChI is InChI=1S/C34H70O3Si3/c1-17-21-22-27(5)25-29(35-38(13,14)33(7,8)9)23-24-30-28(6)31(37-40(18-2,19-3)20-4)26-32(30)36-39(15,16)34(10,11)12/h23-24,27,29-32H,6,17-22,25-26H2,1-5,7-16H3/b24-23+/t27-,29+,30+,31-,32+/m0/s1. The molecule has 0 spiro atoms. The minimum absolute atomic E-state index is 0.0965. The van der Waals surface area contributed by atoms with Crippen LogP contribution in [0, 0.1) is 11.8 Å². The van der Waals surface area contributed by atoms with Crippen molar-refractivity contribution in [2.75, 3.05) is 0 Å². The zero-order chi connectivity index (χ0) is 31.2. The highest BCUT2D eigenvalue weighted by molar-refractivity contribution is 6.74. The Bertz CT molecular complexity index is 794. The van der Waals surface area contributed by atoms with Crippen molar-refractivity contribution in [3.63, 3.8) is 0 Å². The van der Waals surface area contributed by atoms with Crippen LogP contribution in [0.1, 0.15) is 108 Å². The normalized spacial score (nSPS) is 23.3. The van der Waals surface area contributed by atoms with E-state index in [0.29, 0.717) is 5.92 Å². The van der Waals surface area contributed by atoms with Crippen molar-refractivity contribution >= 4 is 25.0 Å². The molecule has 0 N–H and O–H groups in total. The van der Waals surface area contributed by atoms with Gasteiger partial charge in [0.05, 0.1) is 18.3 Å². The molecule has 1 rings (SSSR count). The Morgan fingerprint density at radius 1 is 0.875 bits per heavy atom. The van der Waals surface area contributed by atoms with E-state index in [0.717, 1.165) is 31.0 Å². The molecule has 0 aromatic rings. The van der Waals surface area contributed by atoms with Crippen LogP contribution in [0.25, 0.3) is 0 Å². The van der Waals surface area contributed by atoms with E-state index in [1.807, 2.05) is 0 Å². The van der Waals surface area contributed by atoms with Crippen LogP contribution in [0.5, 0.6) is 0 Å². The van der Waals surface area contributed by atoms with Crippen LogP contribution >= 0.6 is 0 Å². The summed E-state index contributed by atoms with van der Waals surface area (Å²) in [7, 11) is -5.63. The third-order valence-electron chi connectivity index (χ3n) is 10.7. The van der Waals surface area contributed by atoms with E-state index >= 15 is 0 Å². The maximum Gasteiger partial charge on any atom is 0.192 e. The summed E-state index contributed by atoms with van der Waals surface area (Å²) >= 11 is 0. The first-order valence-electron chi connectivity index (χ1n) is 16.6. The molecule has 5 atom stereocenters. The van der Waals surface area contributed by atoms with Crippen LogP contribution in [0.2, 0.25) is 54.4 Å². The summed E-state index contributed by atoms with van der Waals surface area (Å²) < 4.78 is 21.3. The Morgan fingerprint density at radius 2 is 1.40 bits per heavy atom. The summed E-state index contributed by atoms with van der Waals surface area (Å²) in [5.41, 5.74) is 1.22. The lowest BCUT2D eigenvalue weighted by Crippen LogP contribution is -2.45. The van der Waals surface area contributed by atoms with Gasteiger partial charge in [0.1, 0.15) is 0 Å². The second kappa shape index (κ2) is 15.1. The summed E-state index contributed by atoms with van der Waals surface area (Å²) in [5, 5.41) is 0.350. The van der Waals surface area contributed by atoms with Crippen molar-refractivity contribution in [3.8, 4) is 0 Å². The van der Waals surface area contributed by atoms with E-state index in [9.17, 15) is 0 Å². The first kappa shape index (κ1) is 38.0. The molecule has 3 nitrogen and oxygen atoms in total. The van der Waals surface area contributed by atoms with Gasteiger partial charge < -0.3 is 13.3 Å². The highest BCUT2D eigenvalue weighted by Gasteiger charge is 2.47. The minimum atomic E-state index is -1.96. The van der Waals surface area contributed by atoms with Crippen molar-refractivity contribution in [2.24, 2.45) is 11.8 Å². The topological polar surface area (TPSA) is 27.7 Å². The van der Waals surface area contributed by atoms with Gasteiger partial charge in [-0.2, -0.15) is 0 Å². The first-order valence-corrected chi connectivity index (χ1v) is 24.9. The first-order chi connectivity index (χ1) is 18.2. The molecule has 1 fully saturated rings. The van der Waals surface area contributed by atoms with Crippen molar-refractivity contribution in [3.05, 3.63) is 24.3 Å². The van der Waals surface area contributed by atoms with E-state index in [2.05, 4.69) is 121 Å². The van der Waals surface area contributed by atoms with Gasteiger partial charge >= 0.3 is 0 Å². The molecular formula is C34H70O3Si3. The molecule has 0 aliphatic heterocycles. The third kappa shape index (κ3) is 10.3. The van der Waals surface area contributed by atoms with Gasteiger partial charge in [0, 0.05) is 12.3 Å². The zero-order valence-corrected chi connectivity index (χ0v) is 32.6. The molecule has 0 radical (unpaired) electrons. The van der Waals surface area contributed by atoms with Gasteiger partial charge in [0.25, 0.3) is 0 Å². The van der Waals surface area contributed by atoms with Crippen LogP contribution in [0.3, 0.4) is 0 Å². The molecule has 0 aromatic carbocycles. The summed E-state index contributed by atoms with van der Waals surface area (Å²) in [4.78, 5) is 0. The minimum Gasteiger partial charge on any atom is -0.413 e. The average Bonchev–Trinajstić information content (AvgIpc) is 3.10. The predicted octanol–water partition coefficient (Wildman–Crippen LogP) is 11.5. The number of hydrogen-bond acceptors (Lipinski definition) is 3. The van der Waals surface area contributed by atoms with E-state index in [1.54, 1.807) is 0 Å². The maximum absolute atomic E-state index is 7.14. The fourth-order valence-corrected chi connectivity index (χ4v) is 10.8.